The van der Waals surface area contributed by atoms with Crippen molar-refractivity contribution in [2.75, 3.05) is 32.2 Å². The Hall–Kier alpha value is -3.03. The highest BCUT2D eigenvalue weighted by Gasteiger charge is 2.12. The Balaban J connectivity index is 1.73. The minimum absolute atomic E-state index is 0.134. The molecule has 1 heterocycles. The molecule has 0 fully saturated rings. The fourth-order valence-electron chi connectivity index (χ4n) is 3.01. The number of amides is 1. The number of hydrogen-bond donors (Lipinski definition) is 1. The lowest BCUT2D eigenvalue weighted by atomic mass is 10.1. The molecule has 0 saturated heterocycles. The standard InChI is InChI=1S/C22H23ClN2O5/c1-3-29-12-11-25-10-9-16-17(22(25)27)5-4-6-19(16)30-14-21(26)24-18-13-15(23)7-8-20(18)28-2/h4-10,13H,3,11-12,14H2,1-2H3,(H,24,26). The van der Waals surface area contributed by atoms with Crippen molar-refractivity contribution in [2.45, 2.75) is 13.5 Å². The Kier molecular flexibility index (Phi) is 7.32. The van der Waals surface area contributed by atoms with Gasteiger partial charge in [0.25, 0.3) is 11.5 Å². The molecule has 0 atom stereocenters. The van der Waals surface area contributed by atoms with Gasteiger partial charge in [-0.3, -0.25) is 9.59 Å². The molecule has 158 valence electrons. The molecule has 0 aliphatic rings. The molecule has 0 aliphatic carbocycles. The first kappa shape index (κ1) is 21.7. The first-order valence-electron chi connectivity index (χ1n) is 9.49. The normalized spacial score (nSPS) is 10.8. The van der Waals surface area contributed by atoms with E-state index < -0.39 is 0 Å². The number of aromatic nitrogens is 1. The van der Waals surface area contributed by atoms with Crippen LogP contribution >= 0.6 is 11.6 Å². The molecule has 3 aromatic rings. The maximum absolute atomic E-state index is 12.7. The van der Waals surface area contributed by atoms with Gasteiger partial charge in [-0.2, -0.15) is 0 Å². The van der Waals surface area contributed by atoms with E-state index in [4.69, 9.17) is 25.8 Å². The van der Waals surface area contributed by atoms with Crippen LogP contribution in [0.25, 0.3) is 10.8 Å². The lowest BCUT2D eigenvalue weighted by Crippen LogP contribution is -2.23. The molecule has 2 aromatic carbocycles. The van der Waals surface area contributed by atoms with Crippen molar-refractivity contribution in [1.82, 2.24) is 4.57 Å². The van der Waals surface area contributed by atoms with Crippen molar-refractivity contribution in [1.29, 1.82) is 0 Å². The van der Waals surface area contributed by atoms with E-state index in [9.17, 15) is 9.59 Å². The molecule has 30 heavy (non-hydrogen) atoms. The van der Waals surface area contributed by atoms with Gasteiger partial charge in [0.05, 0.1) is 24.8 Å². The van der Waals surface area contributed by atoms with Crippen LogP contribution in [0.5, 0.6) is 11.5 Å². The minimum Gasteiger partial charge on any atom is -0.495 e. The summed E-state index contributed by atoms with van der Waals surface area (Å²) in [5, 5.41) is 4.35. The average Bonchev–Trinajstić information content (AvgIpc) is 2.74. The number of pyridine rings is 1. The number of hydrogen-bond acceptors (Lipinski definition) is 5. The number of rotatable bonds is 9. The summed E-state index contributed by atoms with van der Waals surface area (Å²) in [5.41, 5.74) is 0.319. The summed E-state index contributed by atoms with van der Waals surface area (Å²) in [6.45, 7) is 3.21. The van der Waals surface area contributed by atoms with Gasteiger partial charge in [-0.1, -0.05) is 17.7 Å². The van der Waals surface area contributed by atoms with Gasteiger partial charge in [-0.15, -0.1) is 0 Å². The third-order valence-corrected chi connectivity index (χ3v) is 4.69. The number of benzene rings is 2. The van der Waals surface area contributed by atoms with Gasteiger partial charge < -0.3 is 24.1 Å². The number of carbonyl (C=O) groups is 1. The number of ether oxygens (including phenoxy) is 3. The zero-order chi connectivity index (χ0) is 21.5. The molecule has 1 amide bonds. The van der Waals surface area contributed by atoms with E-state index in [0.717, 1.165) is 0 Å². The molecule has 0 aliphatic heterocycles. The molecule has 1 N–H and O–H groups in total. The quantitative estimate of drug-likeness (QED) is 0.523. The van der Waals surface area contributed by atoms with Gasteiger partial charge in [-0.05, 0) is 43.3 Å². The Morgan fingerprint density at radius 1 is 1.13 bits per heavy atom. The second-order valence-corrected chi connectivity index (χ2v) is 6.85. The summed E-state index contributed by atoms with van der Waals surface area (Å²) in [5.74, 6) is 0.568. The van der Waals surface area contributed by atoms with E-state index in [0.29, 0.717) is 52.7 Å². The van der Waals surface area contributed by atoms with Crippen LogP contribution in [-0.2, 0) is 16.1 Å². The van der Waals surface area contributed by atoms with Crippen molar-refractivity contribution in [3.8, 4) is 11.5 Å². The highest BCUT2D eigenvalue weighted by molar-refractivity contribution is 6.31. The molecular formula is C22H23ClN2O5. The number of halogens is 1. The second kappa shape index (κ2) is 10.1. The predicted octanol–water partition coefficient (Wildman–Crippen LogP) is 3.72. The van der Waals surface area contributed by atoms with Crippen LogP contribution in [0.1, 0.15) is 6.92 Å². The van der Waals surface area contributed by atoms with Gasteiger partial charge in [0.15, 0.2) is 6.61 Å². The lowest BCUT2D eigenvalue weighted by Gasteiger charge is -2.13. The molecular weight excluding hydrogens is 408 g/mol. The fraction of sp³-hybridized carbons (Fsp3) is 0.273. The van der Waals surface area contributed by atoms with Crippen molar-refractivity contribution in [2.24, 2.45) is 0 Å². The Morgan fingerprint density at radius 3 is 2.73 bits per heavy atom. The topological polar surface area (TPSA) is 78.8 Å². The largest absolute Gasteiger partial charge is 0.495 e. The van der Waals surface area contributed by atoms with Crippen LogP contribution < -0.4 is 20.3 Å². The highest BCUT2D eigenvalue weighted by atomic mass is 35.5. The van der Waals surface area contributed by atoms with E-state index in [-0.39, 0.29) is 18.1 Å². The first-order chi connectivity index (χ1) is 14.5. The number of nitrogens with one attached hydrogen (secondary N) is 1. The van der Waals surface area contributed by atoms with E-state index in [2.05, 4.69) is 5.32 Å². The Bertz CT molecular complexity index is 1100. The zero-order valence-corrected chi connectivity index (χ0v) is 17.6. The summed E-state index contributed by atoms with van der Waals surface area (Å²) in [6.07, 6.45) is 1.70. The van der Waals surface area contributed by atoms with Gasteiger partial charge in [0.2, 0.25) is 0 Å². The lowest BCUT2D eigenvalue weighted by molar-refractivity contribution is -0.118. The third-order valence-electron chi connectivity index (χ3n) is 4.45. The molecule has 0 radical (unpaired) electrons. The van der Waals surface area contributed by atoms with Gasteiger partial charge in [0, 0.05) is 29.8 Å². The number of methoxy groups -OCH3 is 1. The van der Waals surface area contributed by atoms with Crippen LogP contribution in [0.3, 0.4) is 0 Å². The van der Waals surface area contributed by atoms with Crippen LogP contribution in [0.2, 0.25) is 5.02 Å². The number of carbonyl (C=O) groups excluding carboxylic acids is 1. The second-order valence-electron chi connectivity index (χ2n) is 6.41. The third kappa shape index (κ3) is 5.11. The van der Waals surface area contributed by atoms with Crippen molar-refractivity contribution in [3.63, 3.8) is 0 Å². The van der Waals surface area contributed by atoms with Gasteiger partial charge in [-0.25, -0.2) is 0 Å². The van der Waals surface area contributed by atoms with Crippen LogP contribution in [0.4, 0.5) is 5.69 Å². The molecule has 0 saturated carbocycles. The summed E-state index contributed by atoms with van der Waals surface area (Å²) in [6, 6.07) is 11.9. The number of fused-ring (bicyclic) bond motifs is 1. The van der Waals surface area contributed by atoms with E-state index in [1.54, 1.807) is 53.2 Å². The maximum atomic E-state index is 12.7. The predicted molar refractivity (Wildman–Crippen MR) is 117 cm³/mol. The highest BCUT2D eigenvalue weighted by Crippen LogP contribution is 2.28. The monoisotopic (exact) mass is 430 g/mol. The smallest absolute Gasteiger partial charge is 0.262 e. The summed E-state index contributed by atoms with van der Waals surface area (Å²) < 4.78 is 17.8. The van der Waals surface area contributed by atoms with Crippen molar-refractivity contribution >= 4 is 34.0 Å². The van der Waals surface area contributed by atoms with Crippen LogP contribution in [0, 0.1) is 0 Å². The first-order valence-corrected chi connectivity index (χ1v) is 9.87. The number of anilines is 1. The zero-order valence-electron chi connectivity index (χ0n) is 16.8. The molecule has 0 unspecified atom stereocenters. The van der Waals surface area contributed by atoms with Crippen LogP contribution in [0.15, 0.2) is 53.5 Å². The van der Waals surface area contributed by atoms with Crippen LogP contribution in [-0.4, -0.2) is 37.4 Å². The maximum Gasteiger partial charge on any atom is 0.262 e. The number of nitrogens with zero attached hydrogens (tertiary/aromatic N) is 1. The fourth-order valence-corrected chi connectivity index (χ4v) is 3.18. The SMILES string of the molecule is CCOCCn1ccc2c(OCC(=O)Nc3cc(Cl)ccc3OC)cccc2c1=O. The van der Waals surface area contributed by atoms with E-state index in [1.165, 1.54) is 7.11 Å². The molecule has 7 nitrogen and oxygen atoms in total. The molecule has 3 rings (SSSR count). The Morgan fingerprint density at radius 2 is 1.97 bits per heavy atom. The van der Waals surface area contributed by atoms with Gasteiger partial charge in [0.1, 0.15) is 11.5 Å². The van der Waals surface area contributed by atoms with Gasteiger partial charge >= 0.3 is 0 Å². The Labute approximate surface area is 179 Å². The van der Waals surface area contributed by atoms with Crippen molar-refractivity contribution < 1.29 is 19.0 Å². The molecule has 0 spiro atoms. The van der Waals surface area contributed by atoms with E-state index >= 15 is 0 Å². The summed E-state index contributed by atoms with van der Waals surface area (Å²) in [4.78, 5) is 25.1. The minimum atomic E-state index is -0.377. The average molecular weight is 431 g/mol. The molecule has 1 aromatic heterocycles. The van der Waals surface area contributed by atoms with E-state index in [1.807, 2.05) is 6.92 Å². The molecule has 8 heteroatoms. The summed E-state index contributed by atoms with van der Waals surface area (Å²) >= 11 is 5.99. The molecule has 0 bridgehead atoms. The summed E-state index contributed by atoms with van der Waals surface area (Å²) in [7, 11) is 1.51. The van der Waals surface area contributed by atoms with Crippen molar-refractivity contribution in [3.05, 3.63) is 64.0 Å².